The number of amides is 1. The van der Waals surface area contributed by atoms with Gasteiger partial charge in [-0.3, -0.25) is 9.69 Å². The molecule has 0 spiro atoms. The van der Waals surface area contributed by atoms with E-state index >= 15 is 0 Å². The fraction of sp³-hybridized carbons (Fsp3) is 0.600. The molecule has 2 heterocycles. The summed E-state index contributed by atoms with van der Waals surface area (Å²) in [6.07, 6.45) is 5.95. The molecule has 0 saturated carbocycles. The zero-order valence-corrected chi connectivity index (χ0v) is 12.3. The molecule has 1 saturated heterocycles. The number of aromatic nitrogens is 1. The minimum absolute atomic E-state index is 0.147. The molecule has 110 valence electrons. The number of piperidine rings is 1. The molecule has 1 aliphatic rings. The summed E-state index contributed by atoms with van der Waals surface area (Å²) in [7, 11) is 0. The van der Waals surface area contributed by atoms with Gasteiger partial charge in [0.25, 0.3) is 5.91 Å². The number of carbonyl (C=O) groups is 1. The Morgan fingerprint density at radius 2 is 2.25 bits per heavy atom. The van der Waals surface area contributed by atoms with Crippen LogP contribution in [0.2, 0.25) is 0 Å². The maximum atomic E-state index is 11.7. The predicted octanol–water partition coefficient (Wildman–Crippen LogP) is 2.08. The normalized spacial score (nSPS) is 16.9. The number of carbonyl (C=O) groups excluding carboxylic acids is 1. The summed E-state index contributed by atoms with van der Waals surface area (Å²) in [5, 5.41) is 6.56. The maximum absolute atomic E-state index is 11.7. The lowest BCUT2D eigenvalue weighted by Gasteiger charge is -2.31. The first-order chi connectivity index (χ1) is 9.65. The van der Waals surface area contributed by atoms with E-state index in [-0.39, 0.29) is 5.91 Å². The number of hydrogen-bond acceptors (Lipinski definition) is 4. The number of hydrogen-bond donors (Lipinski definition) is 1. The molecule has 5 nitrogen and oxygen atoms in total. The quantitative estimate of drug-likeness (QED) is 0.837. The molecule has 20 heavy (non-hydrogen) atoms. The van der Waals surface area contributed by atoms with Crippen molar-refractivity contribution in [1.82, 2.24) is 15.4 Å². The van der Waals surface area contributed by atoms with E-state index in [1.54, 1.807) is 6.07 Å². The smallest absolute Gasteiger partial charge is 0.273 e. The van der Waals surface area contributed by atoms with Crippen LogP contribution in [0.1, 0.15) is 37.2 Å². The Hall–Kier alpha value is -1.62. The van der Waals surface area contributed by atoms with Gasteiger partial charge in [0, 0.05) is 19.2 Å². The van der Waals surface area contributed by atoms with Gasteiger partial charge < -0.3 is 9.84 Å². The van der Waals surface area contributed by atoms with Gasteiger partial charge in [-0.2, -0.15) is 0 Å². The Morgan fingerprint density at radius 3 is 2.85 bits per heavy atom. The van der Waals surface area contributed by atoms with Crippen molar-refractivity contribution in [1.29, 1.82) is 0 Å². The first kappa shape index (κ1) is 14.8. The monoisotopic (exact) mass is 277 g/mol. The minimum Gasteiger partial charge on any atom is -0.364 e. The lowest BCUT2D eigenvalue weighted by Crippen LogP contribution is -2.38. The second-order valence-corrected chi connectivity index (χ2v) is 5.62. The van der Waals surface area contributed by atoms with E-state index in [1.165, 1.54) is 11.8 Å². The highest BCUT2D eigenvalue weighted by Gasteiger charge is 2.19. The summed E-state index contributed by atoms with van der Waals surface area (Å²) in [6.45, 7) is 8.24. The second kappa shape index (κ2) is 7.24. The van der Waals surface area contributed by atoms with Crippen molar-refractivity contribution in [2.75, 3.05) is 26.2 Å². The number of allylic oxidation sites excluding steroid dienone is 1. The van der Waals surface area contributed by atoms with E-state index in [0.717, 1.165) is 39.0 Å². The van der Waals surface area contributed by atoms with Gasteiger partial charge in [-0.1, -0.05) is 16.8 Å². The van der Waals surface area contributed by atoms with Gasteiger partial charge in [-0.05, 0) is 45.7 Å². The summed E-state index contributed by atoms with van der Waals surface area (Å²) in [5.41, 5.74) is 1.72. The molecule has 0 radical (unpaired) electrons. The molecule has 1 N–H and O–H groups in total. The SMILES string of the molecule is CC(C)=CCN1CCC(CNC(=O)c2ccon2)CC1. The van der Waals surface area contributed by atoms with Crippen molar-refractivity contribution < 1.29 is 9.32 Å². The van der Waals surface area contributed by atoms with Crippen LogP contribution < -0.4 is 5.32 Å². The van der Waals surface area contributed by atoms with E-state index in [2.05, 4.69) is 39.8 Å². The Bertz CT molecular complexity index is 442. The van der Waals surface area contributed by atoms with Gasteiger partial charge in [0.15, 0.2) is 5.69 Å². The molecule has 1 fully saturated rings. The van der Waals surface area contributed by atoms with E-state index in [0.29, 0.717) is 11.6 Å². The van der Waals surface area contributed by atoms with Crippen molar-refractivity contribution in [3.63, 3.8) is 0 Å². The first-order valence-corrected chi connectivity index (χ1v) is 7.19. The topological polar surface area (TPSA) is 58.4 Å². The third-order valence-corrected chi connectivity index (χ3v) is 3.69. The molecule has 0 aromatic carbocycles. The minimum atomic E-state index is -0.147. The van der Waals surface area contributed by atoms with E-state index < -0.39 is 0 Å². The van der Waals surface area contributed by atoms with Gasteiger partial charge in [-0.15, -0.1) is 0 Å². The second-order valence-electron chi connectivity index (χ2n) is 5.62. The van der Waals surface area contributed by atoms with E-state index in [4.69, 9.17) is 0 Å². The molecule has 1 aliphatic heterocycles. The average Bonchev–Trinajstić information content (AvgIpc) is 2.98. The number of likely N-dealkylation sites (tertiary alicyclic amines) is 1. The van der Waals surface area contributed by atoms with Gasteiger partial charge >= 0.3 is 0 Å². The first-order valence-electron chi connectivity index (χ1n) is 7.19. The highest BCUT2D eigenvalue weighted by molar-refractivity contribution is 5.91. The van der Waals surface area contributed by atoms with Crippen LogP contribution in [0.3, 0.4) is 0 Å². The summed E-state index contributed by atoms with van der Waals surface area (Å²) in [6, 6.07) is 1.58. The van der Waals surface area contributed by atoms with Crippen LogP contribution in [-0.2, 0) is 0 Å². The lowest BCUT2D eigenvalue weighted by atomic mass is 9.96. The van der Waals surface area contributed by atoms with Gasteiger partial charge in [0.05, 0.1) is 0 Å². The van der Waals surface area contributed by atoms with Gasteiger partial charge in [0.2, 0.25) is 0 Å². The van der Waals surface area contributed by atoms with Crippen molar-refractivity contribution >= 4 is 5.91 Å². The number of nitrogens with zero attached hydrogens (tertiary/aromatic N) is 2. The van der Waals surface area contributed by atoms with Crippen LogP contribution >= 0.6 is 0 Å². The Balaban J connectivity index is 1.67. The largest absolute Gasteiger partial charge is 0.364 e. The fourth-order valence-corrected chi connectivity index (χ4v) is 2.34. The molecular weight excluding hydrogens is 254 g/mol. The third-order valence-electron chi connectivity index (χ3n) is 3.69. The van der Waals surface area contributed by atoms with Crippen LogP contribution in [0.25, 0.3) is 0 Å². The average molecular weight is 277 g/mol. The third kappa shape index (κ3) is 4.49. The highest BCUT2D eigenvalue weighted by atomic mass is 16.5. The molecule has 0 unspecified atom stereocenters. The van der Waals surface area contributed by atoms with E-state index in [9.17, 15) is 4.79 Å². The molecule has 1 amide bonds. The standard InChI is InChI=1S/C15H23N3O2/c1-12(2)3-7-18-8-4-13(5-9-18)11-16-15(19)14-6-10-20-17-14/h3,6,10,13H,4-5,7-9,11H2,1-2H3,(H,16,19). The van der Waals surface area contributed by atoms with Crippen LogP contribution in [-0.4, -0.2) is 42.1 Å². The summed E-state index contributed by atoms with van der Waals surface area (Å²) in [4.78, 5) is 14.2. The van der Waals surface area contributed by atoms with Crippen LogP contribution in [0.5, 0.6) is 0 Å². The van der Waals surface area contributed by atoms with Crippen molar-refractivity contribution in [3.8, 4) is 0 Å². The molecule has 1 aromatic rings. The lowest BCUT2D eigenvalue weighted by molar-refractivity contribution is 0.0928. The Kier molecular flexibility index (Phi) is 5.35. The van der Waals surface area contributed by atoms with Crippen molar-refractivity contribution in [2.24, 2.45) is 5.92 Å². The molecule has 2 rings (SSSR count). The maximum Gasteiger partial charge on any atom is 0.273 e. The predicted molar refractivity (Wildman–Crippen MR) is 77.4 cm³/mol. The van der Waals surface area contributed by atoms with Crippen LogP contribution in [0.15, 0.2) is 28.5 Å². The van der Waals surface area contributed by atoms with Crippen molar-refractivity contribution in [2.45, 2.75) is 26.7 Å². The summed E-state index contributed by atoms with van der Waals surface area (Å²) in [5.74, 6) is 0.416. The van der Waals surface area contributed by atoms with Gasteiger partial charge in [-0.25, -0.2) is 0 Å². The molecular formula is C15H23N3O2. The molecule has 0 aliphatic carbocycles. The number of nitrogens with one attached hydrogen (secondary N) is 1. The molecule has 1 aromatic heterocycles. The highest BCUT2D eigenvalue weighted by Crippen LogP contribution is 2.16. The molecule has 5 heteroatoms. The Morgan fingerprint density at radius 1 is 1.50 bits per heavy atom. The number of rotatable bonds is 5. The van der Waals surface area contributed by atoms with Crippen LogP contribution in [0, 0.1) is 5.92 Å². The molecule has 0 bridgehead atoms. The fourth-order valence-electron chi connectivity index (χ4n) is 2.34. The van der Waals surface area contributed by atoms with Crippen LogP contribution in [0.4, 0.5) is 0 Å². The molecule has 0 atom stereocenters. The summed E-state index contributed by atoms with van der Waals surface area (Å²) >= 11 is 0. The Labute approximate surface area is 120 Å². The summed E-state index contributed by atoms with van der Waals surface area (Å²) < 4.78 is 4.66. The zero-order valence-electron chi connectivity index (χ0n) is 12.3. The van der Waals surface area contributed by atoms with Crippen molar-refractivity contribution in [3.05, 3.63) is 29.7 Å². The van der Waals surface area contributed by atoms with Gasteiger partial charge in [0.1, 0.15) is 6.26 Å². The zero-order chi connectivity index (χ0) is 14.4. The van der Waals surface area contributed by atoms with E-state index in [1.807, 2.05) is 0 Å².